The Morgan fingerprint density at radius 2 is 1.92 bits per heavy atom. The molecule has 0 aliphatic rings. The lowest BCUT2D eigenvalue weighted by molar-refractivity contribution is -0.116. The van der Waals surface area contributed by atoms with Crippen LogP contribution in [0.4, 0.5) is 4.39 Å². The zero-order chi connectivity index (χ0) is 17.6. The highest BCUT2D eigenvalue weighted by molar-refractivity contribution is 8.00. The van der Waals surface area contributed by atoms with E-state index >= 15 is 0 Å². The fraction of sp³-hybridized carbons (Fsp3) is 0.105. The number of nitriles is 1. The molecular formula is C19H13FN2OS2. The minimum Gasteiger partial charge on any atom is -0.297 e. The van der Waals surface area contributed by atoms with E-state index in [-0.39, 0.29) is 17.4 Å². The van der Waals surface area contributed by atoms with E-state index in [0.717, 1.165) is 23.0 Å². The van der Waals surface area contributed by atoms with Crippen molar-refractivity contribution >= 4 is 28.9 Å². The van der Waals surface area contributed by atoms with Crippen molar-refractivity contribution in [2.75, 3.05) is 5.75 Å². The van der Waals surface area contributed by atoms with Gasteiger partial charge in [0, 0.05) is 15.8 Å². The summed E-state index contributed by atoms with van der Waals surface area (Å²) in [6, 6.07) is 17.9. The second kappa shape index (κ2) is 8.06. The molecule has 1 heterocycles. The van der Waals surface area contributed by atoms with E-state index in [1.165, 1.54) is 17.4 Å². The number of hydrogen-bond donors (Lipinski definition) is 0. The van der Waals surface area contributed by atoms with Gasteiger partial charge < -0.3 is 0 Å². The van der Waals surface area contributed by atoms with E-state index in [4.69, 9.17) is 0 Å². The first-order valence-corrected chi connectivity index (χ1v) is 9.36. The summed E-state index contributed by atoms with van der Waals surface area (Å²) in [5, 5.41) is 11.7. The number of aromatic nitrogens is 1. The van der Waals surface area contributed by atoms with E-state index in [0.29, 0.717) is 9.90 Å². The zero-order valence-electron chi connectivity index (χ0n) is 13.1. The van der Waals surface area contributed by atoms with Gasteiger partial charge in [-0.2, -0.15) is 5.26 Å². The molecule has 0 saturated heterocycles. The highest BCUT2D eigenvalue weighted by Crippen LogP contribution is 2.29. The quantitative estimate of drug-likeness (QED) is 0.580. The largest absolute Gasteiger partial charge is 0.297 e. The van der Waals surface area contributed by atoms with Crippen molar-refractivity contribution in [2.45, 2.75) is 10.8 Å². The summed E-state index contributed by atoms with van der Waals surface area (Å²) in [5.74, 6) is -1.54. The summed E-state index contributed by atoms with van der Waals surface area (Å²) in [6.45, 7) is 0. The average molecular weight is 368 g/mol. The van der Waals surface area contributed by atoms with E-state index in [9.17, 15) is 14.4 Å². The molecule has 0 aliphatic carbocycles. The van der Waals surface area contributed by atoms with Crippen LogP contribution in [0.1, 0.15) is 10.9 Å². The summed E-state index contributed by atoms with van der Waals surface area (Å²) in [5.41, 5.74) is 1.69. The summed E-state index contributed by atoms with van der Waals surface area (Å²) in [6.07, 6.45) is 0. The van der Waals surface area contributed by atoms with Crippen molar-refractivity contribution in [2.24, 2.45) is 0 Å². The molecule has 0 aliphatic heterocycles. The molecule has 0 radical (unpaired) electrons. The number of halogens is 1. The molecule has 0 fully saturated rings. The third kappa shape index (κ3) is 4.13. The topological polar surface area (TPSA) is 53.8 Å². The van der Waals surface area contributed by atoms with Crippen molar-refractivity contribution in [1.29, 1.82) is 5.26 Å². The molecule has 124 valence electrons. The second-order valence-electron chi connectivity index (χ2n) is 5.18. The van der Waals surface area contributed by atoms with Gasteiger partial charge in [-0.25, -0.2) is 9.37 Å². The Labute approximate surface area is 153 Å². The molecule has 1 unspecified atom stereocenters. The third-order valence-corrected chi connectivity index (χ3v) is 5.48. The normalized spacial score (nSPS) is 11.7. The number of hydrogen-bond acceptors (Lipinski definition) is 5. The maximum absolute atomic E-state index is 13.6. The van der Waals surface area contributed by atoms with Crippen molar-refractivity contribution in [3.05, 3.63) is 70.8 Å². The summed E-state index contributed by atoms with van der Waals surface area (Å²) >= 11 is 2.39. The first kappa shape index (κ1) is 17.3. The molecular weight excluding hydrogens is 355 g/mol. The second-order valence-corrected chi connectivity index (χ2v) is 7.09. The lowest BCUT2D eigenvalue weighted by Crippen LogP contribution is -2.13. The van der Waals surface area contributed by atoms with Gasteiger partial charge in [0.25, 0.3) is 0 Å². The maximum Gasteiger partial charge on any atom is 0.167 e. The minimum absolute atomic E-state index is 0.0272. The fourth-order valence-electron chi connectivity index (χ4n) is 2.22. The third-order valence-electron chi connectivity index (χ3n) is 3.50. The highest BCUT2D eigenvalue weighted by Gasteiger charge is 2.24. The van der Waals surface area contributed by atoms with E-state index in [2.05, 4.69) is 4.98 Å². The van der Waals surface area contributed by atoms with Gasteiger partial charge in [0.1, 0.15) is 10.8 Å². The van der Waals surface area contributed by atoms with Crippen LogP contribution in [0.15, 0.2) is 64.9 Å². The lowest BCUT2D eigenvalue weighted by atomic mass is 10.1. The Balaban J connectivity index is 1.72. The standard InChI is InChI=1S/C19H13FN2OS2/c20-15-8-4-5-9-18(15)24-12-17(23)14(10-21)19-22-16(11-25-19)13-6-2-1-3-7-13/h1-9,11,14H,12H2. The van der Waals surface area contributed by atoms with Gasteiger partial charge >= 0.3 is 0 Å². The van der Waals surface area contributed by atoms with Crippen LogP contribution in [-0.4, -0.2) is 16.5 Å². The lowest BCUT2D eigenvalue weighted by Gasteiger charge is -2.06. The van der Waals surface area contributed by atoms with Gasteiger partial charge in [0.05, 0.1) is 17.5 Å². The van der Waals surface area contributed by atoms with Gasteiger partial charge in [0.2, 0.25) is 0 Å². The molecule has 0 N–H and O–H groups in total. The van der Waals surface area contributed by atoms with Crippen LogP contribution in [0.3, 0.4) is 0 Å². The molecule has 0 saturated carbocycles. The monoisotopic (exact) mass is 368 g/mol. The first-order valence-electron chi connectivity index (χ1n) is 7.49. The molecule has 0 spiro atoms. The Kier molecular flexibility index (Phi) is 5.59. The number of thioether (sulfide) groups is 1. The van der Waals surface area contributed by atoms with E-state index in [1.807, 2.05) is 41.8 Å². The number of carbonyl (C=O) groups is 1. The predicted octanol–water partition coefficient (Wildman–Crippen LogP) is 4.92. The molecule has 2 aromatic carbocycles. The minimum atomic E-state index is -0.929. The van der Waals surface area contributed by atoms with Crippen LogP contribution in [0, 0.1) is 17.1 Å². The predicted molar refractivity (Wildman–Crippen MR) is 98.0 cm³/mol. The number of carbonyl (C=O) groups excluding carboxylic acids is 1. The summed E-state index contributed by atoms with van der Waals surface area (Å²) in [7, 11) is 0. The SMILES string of the molecule is N#CC(C(=O)CSc1ccccc1F)c1nc(-c2ccccc2)cs1. The van der Waals surface area contributed by atoms with Gasteiger partial charge in [-0.3, -0.25) is 4.79 Å². The van der Waals surface area contributed by atoms with Crippen LogP contribution in [0.25, 0.3) is 11.3 Å². The van der Waals surface area contributed by atoms with E-state index < -0.39 is 5.92 Å². The number of rotatable bonds is 6. The van der Waals surface area contributed by atoms with Crippen LogP contribution in [-0.2, 0) is 4.79 Å². The van der Waals surface area contributed by atoms with Crippen molar-refractivity contribution in [3.63, 3.8) is 0 Å². The van der Waals surface area contributed by atoms with Crippen molar-refractivity contribution < 1.29 is 9.18 Å². The molecule has 0 bridgehead atoms. The van der Waals surface area contributed by atoms with Crippen LogP contribution >= 0.6 is 23.1 Å². The smallest absolute Gasteiger partial charge is 0.167 e. The van der Waals surface area contributed by atoms with Gasteiger partial charge in [-0.05, 0) is 12.1 Å². The number of Topliss-reactive ketones (excluding diaryl/α,β-unsaturated/α-hetero) is 1. The Bertz CT molecular complexity index is 918. The van der Waals surface area contributed by atoms with Crippen LogP contribution < -0.4 is 0 Å². The Morgan fingerprint density at radius 3 is 2.64 bits per heavy atom. The van der Waals surface area contributed by atoms with Gasteiger partial charge in [-0.1, -0.05) is 42.5 Å². The number of benzene rings is 2. The molecule has 1 atom stereocenters. The highest BCUT2D eigenvalue weighted by atomic mass is 32.2. The fourth-order valence-corrected chi connectivity index (χ4v) is 3.96. The van der Waals surface area contributed by atoms with Crippen LogP contribution in [0.2, 0.25) is 0 Å². The molecule has 3 aromatic rings. The van der Waals surface area contributed by atoms with Gasteiger partial charge in [0.15, 0.2) is 11.7 Å². The summed E-state index contributed by atoms with van der Waals surface area (Å²) in [4.78, 5) is 17.2. The number of nitrogens with zero attached hydrogens (tertiary/aromatic N) is 2. The van der Waals surface area contributed by atoms with Crippen molar-refractivity contribution in [1.82, 2.24) is 4.98 Å². The molecule has 1 aromatic heterocycles. The summed E-state index contributed by atoms with van der Waals surface area (Å²) < 4.78 is 13.6. The van der Waals surface area contributed by atoms with E-state index in [1.54, 1.807) is 18.2 Å². The Morgan fingerprint density at radius 1 is 1.20 bits per heavy atom. The zero-order valence-corrected chi connectivity index (χ0v) is 14.7. The molecule has 3 rings (SSSR count). The first-order chi connectivity index (χ1) is 12.2. The number of thiazole rings is 1. The maximum atomic E-state index is 13.6. The molecule has 0 amide bonds. The van der Waals surface area contributed by atoms with Crippen molar-refractivity contribution in [3.8, 4) is 17.3 Å². The molecule has 25 heavy (non-hydrogen) atoms. The Hall–Kier alpha value is -2.49. The molecule has 3 nitrogen and oxygen atoms in total. The van der Waals surface area contributed by atoms with Gasteiger partial charge in [-0.15, -0.1) is 23.1 Å². The number of ketones is 1. The van der Waals surface area contributed by atoms with Crippen LogP contribution in [0.5, 0.6) is 0 Å². The molecule has 6 heteroatoms. The average Bonchev–Trinajstić information content (AvgIpc) is 3.12.